The molecule has 1 atom stereocenters. The average molecular weight is 478 g/mol. The summed E-state index contributed by atoms with van der Waals surface area (Å²) in [5, 5.41) is 14.2. The van der Waals surface area contributed by atoms with Gasteiger partial charge in [-0.15, -0.1) is 0 Å². The first-order chi connectivity index (χ1) is 17.6. The van der Waals surface area contributed by atoms with Crippen LogP contribution in [-0.4, -0.2) is 23.6 Å². The molecule has 0 aromatic heterocycles. The number of ether oxygens (including phenoxy) is 1. The summed E-state index contributed by atoms with van der Waals surface area (Å²) in [6.45, 7) is 0.174. The molecule has 4 aromatic carbocycles. The van der Waals surface area contributed by atoms with Gasteiger partial charge in [0.15, 0.2) is 5.78 Å². The Kier molecular flexibility index (Phi) is 8.28. The van der Waals surface area contributed by atoms with Crippen molar-refractivity contribution in [2.45, 2.75) is 12.5 Å². The van der Waals surface area contributed by atoms with Crippen LogP contribution in [0.2, 0.25) is 0 Å². The second-order valence-corrected chi connectivity index (χ2v) is 8.18. The molecule has 0 saturated heterocycles. The maximum absolute atomic E-state index is 13.7. The molecule has 0 aliphatic carbocycles. The average Bonchev–Trinajstić information content (AvgIpc) is 2.94. The normalized spacial score (nSPS) is 12.2. The number of carbonyl (C=O) groups excluding carboxylic acids is 2. The van der Waals surface area contributed by atoms with Gasteiger partial charge in [0.1, 0.15) is 5.76 Å². The van der Waals surface area contributed by atoms with Crippen molar-refractivity contribution < 1.29 is 19.4 Å². The van der Waals surface area contributed by atoms with E-state index in [4.69, 9.17) is 4.74 Å². The summed E-state index contributed by atoms with van der Waals surface area (Å²) in [6.07, 6.45) is -0.121. The molecule has 0 unspecified atom stereocenters. The Hall–Kier alpha value is -4.64. The van der Waals surface area contributed by atoms with Crippen molar-refractivity contribution in [2.75, 3.05) is 6.61 Å². The fourth-order valence-electron chi connectivity index (χ4n) is 3.91. The van der Waals surface area contributed by atoms with Crippen LogP contribution in [0.5, 0.6) is 0 Å². The third-order valence-corrected chi connectivity index (χ3v) is 5.73. The molecule has 5 nitrogen and oxygen atoms in total. The molecule has 0 fully saturated rings. The van der Waals surface area contributed by atoms with Crippen LogP contribution in [0.15, 0.2) is 127 Å². The molecule has 0 heterocycles. The molecule has 2 N–H and O–H groups in total. The molecule has 5 heteroatoms. The molecular formula is C31H27NO4. The van der Waals surface area contributed by atoms with Gasteiger partial charge in [-0.3, -0.25) is 4.79 Å². The predicted molar refractivity (Wildman–Crippen MR) is 141 cm³/mol. The lowest BCUT2D eigenvalue weighted by molar-refractivity contribution is 0.102. The number of benzene rings is 4. The molecule has 36 heavy (non-hydrogen) atoms. The Balaban J connectivity index is 1.68. The lowest BCUT2D eigenvalue weighted by Gasteiger charge is -2.23. The SMILES string of the molecule is O=C(N[C@H](C(C(=O)c1ccccc1)=C(O)c1ccccc1)c1ccccc1)OCCc1ccccc1. The van der Waals surface area contributed by atoms with Gasteiger partial charge in [-0.05, 0) is 11.1 Å². The minimum atomic E-state index is -0.941. The number of hydrogen-bond donors (Lipinski definition) is 2. The van der Waals surface area contributed by atoms with Crippen LogP contribution in [-0.2, 0) is 11.2 Å². The van der Waals surface area contributed by atoms with Gasteiger partial charge in [-0.1, -0.05) is 121 Å². The van der Waals surface area contributed by atoms with Gasteiger partial charge in [-0.2, -0.15) is 0 Å². The summed E-state index contributed by atoms with van der Waals surface area (Å²) in [7, 11) is 0. The molecule has 0 aliphatic rings. The lowest BCUT2D eigenvalue weighted by Crippen LogP contribution is -2.33. The molecular weight excluding hydrogens is 450 g/mol. The number of hydrogen-bond acceptors (Lipinski definition) is 4. The van der Waals surface area contributed by atoms with Gasteiger partial charge < -0.3 is 15.2 Å². The van der Waals surface area contributed by atoms with E-state index in [1.165, 1.54) is 0 Å². The number of alkyl carbamates (subject to hydrolysis) is 1. The van der Waals surface area contributed by atoms with Crippen molar-refractivity contribution in [3.63, 3.8) is 0 Å². The standard InChI is InChI=1S/C31H27NO4/c33-29(25-17-9-3-10-18-25)27(30(34)26-19-11-4-12-20-26)28(24-15-7-2-8-16-24)32-31(35)36-22-21-23-13-5-1-6-14-23/h1-20,28,33H,21-22H2,(H,32,35)/t28-/m0/s1. The Morgan fingerprint density at radius 3 is 1.78 bits per heavy atom. The third-order valence-electron chi connectivity index (χ3n) is 5.73. The van der Waals surface area contributed by atoms with Gasteiger partial charge >= 0.3 is 6.09 Å². The van der Waals surface area contributed by atoms with Crippen LogP contribution in [0, 0.1) is 0 Å². The first kappa shape index (κ1) is 24.5. The van der Waals surface area contributed by atoms with Crippen LogP contribution in [0.1, 0.15) is 33.1 Å². The van der Waals surface area contributed by atoms with E-state index in [9.17, 15) is 14.7 Å². The quantitative estimate of drug-likeness (QED) is 0.163. The summed E-state index contributed by atoms with van der Waals surface area (Å²) < 4.78 is 5.45. The number of carbonyl (C=O) groups is 2. The van der Waals surface area contributed by atoms with Crippen LogP contribution in [0.4, 0.5) is 4.79 Å². The van der Waals surface area contributed by atoms with Gasteiger partial charge in [0.2, 0.25) is 0 Å². The maximum Gasteiger partial charge on any atom is 0.407 e. The zero-order valence-electron chi connectivity index (χ0n) is 19.7. The van der Waals surface area contributed by atoms with Crippen molar-refractivity contribution in [3.8, 4) is 0 Å². The minimum absolute atomic E-state index is 0.0543. The fourth-order valence-corrected chi connectivity index (χ4v) is 3.91. The van der Waals surface area contributed by atoms with Crippen LogP contribution >= 0.6 is 0 Å². The second-order valence-electron chi connectivity index (χ2n) is 8.18. The predicted octanol–water partition coefficient (Wildman–Crippen LogP) is 6.55. The molecule has 0 bridgehead atoms. The number of ketones is 1. The highest BCUT2D eigenvalue weighted by Gasteiger charge is 2.30. The fraction of sp³-hybridized carbons (Fsp3) is 0.0968. The Morgan fingerprint density at radius 1 is 0.694 bits per heavy atom. The molecule has 0 spiro atoms. The Labute approximate surface area is 210 Å². The van der Waals surface area contributed by atoms with Crippen LogP contribution in [0.3, 0.4) is 0 Å². The maximum atomic E-state index is 13.7. The van der Waals surface area contributed by atoms with E-state index in [1.54, 1.807) is 60.7 Å². The summed E-state index contributed by atoms with van der Waals surface area (Å²) in [5.74, 6) is -0.599. The number of rotatable bonds is 9. The van der Waals surface area contributed by atoms with E-state index in [0.717, 1.165) is 5.56 Å². The number of aliphatic hydroxyl groups is 1. The summed E-state index contributed by atoms with van der Waals surface area (Å²) in [5.41, 5.74) is 2.61. The highest BCUT2D eigenvalue weighted by Crippen LogP contribution is 2.31. The molecule has 0 saturated carbocycles. The largest absolute Gasteiger partial charge is 0.507 e. The van der Waals surface area contributed by atoms with Gasteiger partial charge in [0.05, 0.1) is 18.2 Å². The highest BCUT2D eigenvalue weighted by atomic mass is 16.5. The molecule has 4 aromatic rings. The smallest absolute Gasteiger partial charge is 0.407 e. The van der Waals surface area contributed by atoms with Crippen molar-refractivity contribution in [1.82, 2.24) is 5.32 Å². The van der Waals surface area contributed by atoms with E-state index in [0.29, 0.717) is 23.1 Å². The lowest BCUT2D eigenvalue weighted by atomic mass is 9.89. The monoisotopic (exact) mass is 477 g/mol. The minimum Gasteiger partial charge on any atom is -0.507 e. The number of amides is 1. The molecule has 180 valence electrons. The number of nitrogens with one attached hydrogen (secondary N) is 1. The number of aliphatic hydroxyl groups excluding tert-OH is 1. The van der Waals surface area contributed by atoms with Gasteiger partial charge in [0.25, 0.3) is 0 Å². The molecule has 1 amide bonds. The van der Waals surface area contributed by atoms with Gasteiger partial charge in [-0.25, -0.2) is 4.79 Å². The Morgan fingerprint density at radius 2 is 1.19 bits per heavy atom. The topological polar surface area (TPSA) is 75.6 Å². The molecule has 0 aliphatic heterocycles. The van der Waals surface area contributed by atoms with E-state index >= 15 is 0 Å². The zero-order valence-corrected chi connectivity index (χ0v) is 19.7. The van der Waals surface area contributed by atoms with Crippen LogP contribution < -0.4 is 5.32 Å². The molecule has 0 radical (unpaired) electrons. The molecule has 4 rings (SSSR count). The van der Waals surface area contributed by atoms with E-state index < -0.39 is 17.9 Å². The summed E-state index contributed by atoms with van der Waals surface area (Å²) in [6, 6.07) is 35.3. The van der Waals surface area contributed by atoms with E-state index in [2.05, 4.69) is 5.32 Å². The second kappa shape index (κ2) is 12.2. The zero-order chi connectivity index (χ0) is 25.2. The van der Waals surface area contributed by atoms with Crippen molar-refractivity contribution in [1.29, 1.82) is 0 Å². The third kappa shape index (κ3) is 6.27. The van der Waals surface area contributed by atoms with Crippen LogP contribution in [0.25, 0.3) is 5.76 Å². The van der Waals surface area contributed by atoms with Crippen molar-refractivity contribution in [2.24, 2.45) is 0 Å². The first-order valence-corrected chi connectivity index (χ1v) is 11.7. The first-order valence-electron chi connectivity index (χ1n) is 11.7. The van der Waals surface area contributed by atoms with E-state index in [1.807, 2.05) is 60.7 Å². The summed E-state index contributed by atoms with van der Waals surface area (Å²) >= 11 is 0. The summed E-state index contributed by atoms with van der Waals surface area (Å²) in [4.78, 5) is 26.6. The van der Waals surface area contributed by atoms with Gasteiger partial charge in [0, 0.05) is 17.5 Å². The number of Topliss-reactive ketones (excluding diaryl/α,β-unsaturated/α-hetero) is 1. The highest BCUT2D eigenvalue weighted by molar-refractivity contribution is 6.13. The Bertz CT molecular complexity index is 1300. The van der Waals surface area contributed by atoms with Crippen molar-refractivity contribution in [3.05, 3.63) is 149 Å². The van der Waals surface area contributed by atoms with E-state index in [-0.39, 0.29) is 17.9 Å². The van der Waals surface area contributed by atoms with Crippen molar-refractivity contribution >= 4 is 17.6 Å².